The second-order valence-electron chi connectivity index (χ2n) is 2.73. The highest BCUT2D eigenvalue weighted by Gasteiger charge is 2.20. The number of benzene rings is 1. The Morgan fingerprint density at radius 1 is 1.20 bits per heavy atom. The maximum Gasteiger partial charge on any atom is 0.341 e. The summed E-state index contributed by atoms with van der Waals surface area (Å²) in [6.45, 7) is 0. The maximum atomic E-state index is 10.9. The Morgan fingerprint density at radius 2 is 1.80 bits per heavy atom. The number of nitrogens with zero attached hydrogens (tertiary/aromatic N) is 2. The molecule has 0 saturated carbocycles. The van der Waals surface area contributed by atoms with Crippen molar-refractivity contribution >= 4 is 24.1 Å². The summed E-state index contributed by atoms with van der Waals surface area (Å²) < 4.78 is 0. The Kier molecular flexibility index (Phi) is 3.70. The van der Waals surface area contributed by atoms with Gasteiger partial charge in [0.2, 0.25) is 0 Å². The van der Waals surface area contributed by atoms with Crippen molar-refractivity contribution in [2.45, 2.75) is 0 Å². The summed E-state index contributed by atoms with van der Waals surface area (Å²) in [4.78, 5) is 10.9. The molecule has 1 heterocycles. The van der Waals surface area contributed by atoms with Crippen LogP contribution in [0.1, 0.15) is 10.4 Å². The highest BCUT2D eigenvalue weighted by molar-refractivity contribution is 6.16. The van der Waals surface area contributed by atoms with Gasteiger partial charge in [-0.05, 0) is 6.07 Å². The lowest BCUT2D eigenvalue weighted by Gasteiger charge is -2.04. The number of carboxylic acid groups (broad SMARTS) is 1. The van der Waals surface area contributed by atoms with Gasteiger partial charge in [-0.1, -0.05) is 27.5 Å². The molecule has 1 aliphatic heterocycles. The van der Waals surface area contributed by atoms with Gasteiger partial charge in [-0.25, -0.2) is 4.79 Å². The van der Waals surface area contributed by atoms with Crippen LogP contribution in [0.5, 0.6) is 0 Å². The number of rotatable bonds is 2. The van der Waals surface area contributed by atoms with E-state index in [-0.39, 0.29) is 22.5 Å². The lowest BCUT2D eigenvalue weighted by molar-refractivity contribution is -0.843. The first-order chi connectivity index (χ1) is 6.79. The summed E-state index contributed by atoms with van der Waals surface area (Å²) in [5.41, 5.74) is 0.767. The molecule has 15 heavy (non-hydrogen) atoms. The first-order valence-corrected chi connectivity index (χ1v) is 4.05. The highest BCUT2D eigenvalue weighted by atomic mass is 79.9. The molecular weight excluding hydrogens is 262 g/mol. The van der Waals surface area contributed by atoms with Crippen molar-refractivity contribution in [3.05, 3.63) is 29.8 Å². The fourth-order valence-corrected chi connectivity index (χ4v) is 1.24. The predicted octanol–water partition coefficient (Wildman–Crippen LogP) is -3.11. The molecule has 0 spiro atoms. The molecule has 0 unspecified atom stereocenters. The summed E-state index contributed by atoms with van der Waals surface area (Å²) in [6.07, 6.45) is 3.07. The van der Waals surface area contributed by atoms with Crippen LogP contribution < -0.4 is 22.1 Å². The van der Waals surface area contributed by atoms with Gasteiger partial charge >= 0.3 is 5.97 Å². The molecule has 0 bridgehead atoms. The number of hydrogen-bond acceptors (Lipinski definition) is 3. The smallest absolute Gasteiger partial charge is 0.341 e. The Labute approximate surface area is 96.5 Å². The van der Waals surface area contributed by atoms with Gasteiger partial charge < -0.3 is 22.1 Å². The van der Waals surface area contributed by atoms with Crippen molar-refractivity contribution < 1.29 is 32.0 Å². The van der Waals surface area contributed by atoms with Gasteiger partial charge in [0.1, 0.15) is 18.0 Å². The van der Waals surface area contributed by atoms with E-state index in [0.717, 1.165) is 0 Å². The first-order valence-electron chi connectivity index (χ1n) is 4.05. The van der Waals surface area contributed by atoms with Crippen LogP contribution >= 0.6 is 0 Å². The van der Waals surface area contributed by atoms with Gasteiger partial charge in [-0.2, -0.15) is 0 Å². The van der Waals surface area contributed by atoms with Crippen LogP contribution in [0, 0.1) is 0 Å². The van der Waals surface area contributed by atoms with E-state index in [1.54, 1.807) is 18.2 Å². The third-order valence-electron chi connectivity index (χ3n) is 1.86. The molecule has 0 amide bonds. The second kappa shape index (κ2) is 4.81. The Balaban J connectivity index is 0.00000112. The van der Waals surface area contributed by atoms with Crippen molar-refractivity contribution in [3.63, 3.8) is 0 Å². The molecule has 0 radical (unpaired) electrons. The normalized spacial score (nSPS) is 13.9. The van der Waals surface area contributed by atoms with Crippen LogP contribution in [0.15, 0.2) is 34.5 Å². The average Bonchev–Trinajstić information content (AvgIpc) is 2.70. The van der Waals surface area contributed by atoms with Crippen molar-refractivity contribution in [2.75, 3.05) is 0 Å². The largest absolute Gasteiger partial charge is 1.00 e. The minimum absolute atomic E-state index is 0. The molecule has 0 atom stereocenters. The molecule has 2 rings (SSSR count). The molecule has 1 aliphatic rings. The summed E-state index contributed by atoms with van der Waals surface area (Å²) in [6, 6.07) is 6.67. The zero-order valence-electron chi connectivity index (χ0n) is 7.59. The fraction of sp³-hybridized carbons (Fsp3) is 0. The lowest BCUT2D eigenvalue weighted by Crippen LogP contribution is -3.00. The first kappa shape index (κ1) is 11.5. The number of carboxylic acids is 1. The summed E-state index contributed by atoms with van der Waals surface area (Å²) in [7, 11) is 0. The third kappa shape index (κ3) is 2.28. The van der Waals surface area contributed by atoms with Gasteiger partial charge in [-0.3, -0.25) is 0 Å². The molecular formula is C9H8BrN3O2. The molecule has 1 aromatic rings. The van der Waals surface area contributed by atoms with Crippen LogP contribution in [0.25, 0.3) is 0 Å². The Morgan fingerprint density at radius 3 is 2.40 bits per heavy atom. The van der Waals surface area contributed by atoms with Crippen LogP contribution in [0.2, 0.25) is 0 Å². The van der Waals surface area contributed by atoms with Crippen molar-refractivity contribution in [1.29, 1.82) is 0 Å². The number of carbonyl (C=O) groups is 1. The van der Waals surface area contributed by atoms with Gasteiger partial charge in [0.15, 0.2) is 5.69 Å². The van der Waals surface area contributed by atoms with Crippen LogP contribution in [-0.4, -0.2) is 23.5 Å². The second-order valence-corrected chi connectivity index (χ2v) is 2.73. The van der Waals surface area contributed by atoms with E-state index in [4.69, 9.17) is 5.11 Å². The van der Waals surface area contributed by atoms with Crippen molar-refractivity contribution in [3.8, 4) is 0 Å². The minimum atomic E-state index is -0.967. The van der Waals surface area contributed by atoms with Crippen molar-refractivity contribution in [2.24, 2.45) is 10.2 Å². The zero-order valence-corrected chi connectivity index (χ0v) is 9.18. The fourth-order valence-electron chi connectivity index (χ4n) is 1.24. The van der Waals surface area contributed by atoms with E-state index in [1.807, 2.05) is 0 Å². The van der Waals surface area contributed by atoms with Crippen LogP contribution in [0.4, 0.5) is 5.69 Å². The predicted molar refractivity (Wildman–Crippen MR) is 51.0 cm³/mol. The summed E-state index contributed by atoms with van der Waals surface area (Å²) >= 11 is 0. The monoisotopic (exact) mass is 269 g/mol. The quantitative estimate of drug-likeness (QED) is 0.597. The molecule has 0 aliphatic carbocycles. The number of hydrogen-bond donors (Lipinski definition) is 2. The highest BCUT2D eigenvalue weighted by Crippen LogP contribution is 2.10. The van der Waals surface area contributed by atoms with E-state index in [1.165, 1.54) is 18.5 Å². The number of nitrogens with one attached hydrogen (secondary N) is 1. The van der Waals surface area contributed by atoms with Gasteiger partial charge in [0, 0.05) is 6.07 Å². The molecule has 0 saturated heterocycles. The SMILES string of the molecule is O=C(O)c1ccccc1[NH+]1N=CC=N1.[Br-]. The van der Waals surface area contributed by atoms with Crippen LogP contribution in [0.3, 0.4) is 0 Å². The summed E-state index contributed by atoms with van der Waals surface area (Å²) in [5.74, 6) is -0.967. The molecule has 2 N–H and O–H groups in total. The minimum Gasteiger partial charge on any atom is -1.00 e. The van der Waals surface area contributed by atoms with Crippen LogP contribution in [-0.2, 0) is 0 Å². The zero-order chi connectivity index (χ0) is 9.97. The molecule has 5 nitrogen and oxygen atoms in total. The topological polar surface area (TPSA) is 66.5 Å². The van der Waals surface area contributed by atoms with Gasteiger partial charge in [-0.15, -0.1) is 0 Å². The molecule has 0 fully saturated rings. The average molecular weight is 270 g/mol. The standard InChI is InChI=1S/C9H7N3O2.BrH/c13-9(14)7-3-1-2-4-8(7)12-10-5-6-11-12;/h1-6H,(H,13,14);1H. The number of quaternary nitrogens is 1. The van der Waals surface area contributed by atoms with E-state index in [0.29, 0.717) is 10.8 Å². The summed E-state index contributed by atoms with van der Waals surface area (Å²) in [5, 5.41) is 17.3. The number of halogens is 1. The van der Waals surface area contributed by atoms with Gasteiger partial charge in [0.25, 0.3) is 0 Å². The molecule has 0 aromatic heterocycles. The van der Waals surface area contributed by atoms with E-state index < -0.39 is 5.97 Å². The number of aromatic carboxylic acids is 1. The van der Waals surface area contributed by atoms with Gasteiger partial charge in [0.05, 0.1) is 0 Å². The van der Waals surface area contributed by atoms with E-state index in [9.17, 15) is 4.79 Å². The third-order valence-corrected chi connectivity index (χ3v) is 1.86. The van der Waals surface area contributed by atoms with E-state index in [2.05, 4.69) is 10.2 Å². The van der Waals surface area contributed by atoms with E-state index >= 15 is 0 Å². The molecule has 78 valence electrons. The lowest BCUT2D eigenvalue weighted by atomic mass is 10.2. The maximum absolute atomic E-state index is 10.9. The Hall–Kier alpha value is -1.53. The molecule has 6 heteroatoms. The van der Waals surface area contributed by atoms with Crippen molar-refractivity contribution in [1.82, 2.24) is 0 Å². The Bertz CT molecular complexity index is 419. The molecule has 1 aromatic carbocycles.